The zero-order valence-corrected chi connectivity index (χ0v) is 31.8. The van der Waals surface area contributed by atoms with Gasteiger partial charge in [0.25, 0.3) is 0 Å². The van der Waals surface area contributed by atoms with E-state index in [0.29, 0.717) is 17.5 Å². The molecule has 0 fully saturated rings. The van der Waals surface area contributed by atoms with Crippen molar-refractivity contribution in [3.05, 3.63) is 188 Å². The molecule has 0 aliphatic carbocycles. The first kappa shape index (κ1) is 32.7. The van der Waals surface area contributed by atoms with Gasteiger partial charge in [0.1, 0.15) is 11.2 Å². The number of benzene rings is 8. The van der Waals surface area contributed by atoms with Gasteiger partial charge in [-0.25, -0.2) is 15.0 Å². The number of furan rings is 1. The van der Waals surface area contributed by atoms with Gasteiger partial charge in [0, 0.05) is 53.8 Å². The van der Waals surface area contributed by atoms with Crippen molar-refractivity contribution in [2.45, 2.75) is 9.79 Å². The molecule has 1 aliphatic rings. The Kier molecular flexibility index (Phi) is 7.36. The molecule has 11 aromatic rings. The molecule has 7 heteroatoms. The fourth-order valence-electron chi connectivity index (χ4n) is 8.43. The maximum atomic E-state index is 6.72. The summed E-state index contributed by atoms with van der Waals surface area (Å²) in [5.41, 5.74) is 11.1. The van der Waals surface area contributed by atoms with Crippen LogP contribution in [0.2, 0.25) is 0 Å². The topological polar surface area (TPSA) is 60.0 Å². The molecular weight excluding hydrogens is 731 g/mol. The molecule has 3 aromatic heterocycles. The molecular formula is C51H31N5OS. The van der Waals surface area contributed by atoms with Crippen LogP contribution in [-0.2, 0) is 0 Å². The Hall–Kier alpha value is -7.48. The van der Waals surface area contributed by atoms with Crippen LogP contribution in [0.5, 0.6) is 0 Å². The van der Waals surface area contributed by atoms with Crippen LogP contribution in [0, 0.1) is 0 Å². The molecule has 0 spiro atoms. The van der Waals surface area contributed by atoms with Crippen LogP contribution in [0.15, 0.2) is 202 Å². The number of para-hydroxylation sites is 4. The minimum absolute atomic E-state index is 0.563. The van der Waals surface area contributed by atoms with E-state index in [1.54, 1.807) is 0 Å². The third-order valence-corrected chi connectivity index (χ3v) is 12.2. The van der Waals surface area contributed by atoms with E-state index in [9.17, 15) is 0 Å². The van der Waals surface area contributed by atoms with Crippen molar-refractivity contribution in [1.29, 1.82) is 0 Å². The van der Waals surface area contributed by atoms with E-state index in [4.69, 9.17) is 19.4 Å². The van der Waals surface area contributed by atoms with Crippen molar-refractivity contribution in [2.24, 2.45) is 0 Å². The predicted molar refractivity (Wildman–Crippen MR) is 237 cm³/mol. The lowest BCUT2D eigenvalue weighted by Crippen LogP contribution is -2.14. The van der Waals surface area contributed by atoms with Gasteiger partial charge in [0.2, 0.25) is 0 Å². The van der Waals surface area contributed by atoms with E-state index in [1.165, 1.54) is 31.9 Å². The highest BCUT2D eigenvalue weighted by atomic mass is 32.2. The molecule has 12 rings (SSSR count). The largest absolute Gasteiger partial charge is 0.455 e. The van der Waals surface area contributed by atoms with Gasteiger partial charge in [-0.3, -0.25) is 0 Å². The van der Waals surface area contributed by atoms with Gasteiger partial charge in [-0.2, -0.15) is 0 Å². The third kappa shape index (κ3) is 5.10. The molecule has 1 aliphatic heterocycles. The van der Waals surface area contributed by atoms with E-state index in [0.717, 1.165) is 61.0 Å². The summed E-state index contributed by atoms with van der Waals surface area (Å²) in [5, 5.41) is 4.48. The average molecular weight is 762 g/mol. The summed E-state index contributed by atoms with van der Waals surface area (Å²) in [6.07, 6.45) is 0. The van der Waals surface area contributed by atoms with Gasteiger partial charge in [-0.05, 0) is 66.7 Å². The van der Waals surface area contributed by atoms with Gasteiger partial charge < -0.3 is 13.9 Å². The average Bonchev–Trinajstić information content (AvgIpc) is 3.85. The summed E-state index contributed by atoms with van der Waals surface area (Å²) >= 11 is 1.85. The second kappa shape index (κ2) is 13.0. The highest BCUT2D eigenvalue weighted by molar-refractivity contribution is 8.00. The van der Waals surface area contributed by atoms with Crippen molar-refractivity contribution in [3.8, 4) is 39.9 Å². The van der Waals surface area contributed by atoms with Crippen LogP contribution in [-0.4, -0.2) is 19.5 Å². The zero-order valence-electron chi connectivity index (χ0n) is 31.0. The second-order valence-electron chi connectivity index (χ2n) is 14.4. The Labute approximate surface area is 337 Å². The van der Waals surface area contributed by atoms with Crippen molar-refractivity contribution in [3.63, 3.8) is 0 Å². The molecule has 0 saturated heterocycles. The van der Waals surface area contributed by atoms with E-state index >= 15 is 0 Å². The third-order valence-electron chi connectivity index (χ3n) is 11.0. The molecule has 0 amide bonds. The van der Waals surface area contributed by atoms with Crippen LogP contribution >= 0.6 is 11.8 Å². The molecule has 0 atom stereocenters. The fraction of sp³-hybridized carbons (Fsp3) is 0. The number of nitrogens with zero attached hydrogens (tertiary/aromatic N) is 5. The number of anilines is 3. The highest BCUT2D eigenvalue weighted by Gasteiger charge is 2.29. The Morgan fingerprint density at radius 2 is 1.10 bits per heavy atom. The minimum atomic E-state index is 0.563. The molecule has 0 N–H and O–H groups in total. The predicted octanol–water partition coefficient (Wildman–Crippen LogP) is 13.8. The van der Waals surface area contributed by atoms with E-state index in [1.807, 2.05) is 78.5 Å². The monoisotopic (exact) mass is 761 g/mol. The van der Waals surface area contributed by atoms with Crippen molar-refractivity contribution in [2.75, 3.05) is 4.90 Å². The minimum Gasteiger partial charge on any atom is -0.455 e. The summed E-state index contributed by atoms with van der Waals surface area (Å²) < 4.78 is 9.11. The van der Waals surface area contributed by atoms with Crippen LogP contribution in [0.4, 0.5) is 17.1 Å². The van der Waals surface area contributed by atoms with Crippen LogP contribution < -0.4 is 4.90 Å². The zero-order chi connectivity index (χ0) is 38.2. The molecule has 0 saturated carbocycles. The van der Waals surface area contributed by atoms with Gasteiger partial charge >= 0.3 is 0 Å². The fourth-order valence-corrected chi connectivity index (χ4v) is 9.64. The second-order valence-corrected chi connectivity index (χ2v) is 15.5. The number of aromatic nitrogens is 4. The number of fused-ring (bicyclic) bond motifs is 9. The molecule has 0 unspecified atom stereocenters. The molecule has 0 radical (unpaired) electrons. The molecule has 8 aromatic carbocycles. The lowest BCUT2D eigenvalue weighted by Gasteiger charge is -2.33. The van der Waals surface area contributed by atoms with Gasteiger partial charge in [0.15, 0.2) is 17.5 Å². The summed E-state index contributed by atoms with van der Waals surface area (Å²) in [4.78, 5) is 19.8. The molecule has 272 valence electrons. The van der Waals surface area contributed by atoms with Crippen LogP contribution in [0.3, 0.4) is 0 Å². The van der Waals surface area contributed by atoms with Crippen molar-refractivity contribution in [1.82, 2.24) is 19.5 Å². The summed E-state index contributed by atoms with van der Waals surface area (Å²) in [5.74, 6) is 1.79. The Bertz CT molecular complexity index is 3320. The lowest BCUT2D eigenvalue weighted by molar-refractivity contribution is 0.669. The first-order valence-electron chi connectivity index (χ1n) is 19.3. The number of hydrogen-bond donors (Lipinski definition) is 0. The Morgan fingerprint density at radius 1 is 0.448 bits per heavy atom. The SMILES string of the molecule is c1ccc(-c2nc(-c3ccccc3)nc(-c3cccc4c3oc3ccc(-n5c6ccccc6c6c7c(ccc65)N(c5ccccc5)c5ccccc5S7)cc34)n2)cc1. The van der Waals surface area contributed by atoms with Gasteiger partial charge in [-0.1, -0.05) is 133 Å². The quantitative estimate of drug-likeness (QED) is 0.174. The maximum absolute atomic E-state index is 6.72. The summed E-state index contributed by atoms with van der Waals surface area (Å²) in [7, 11) is 0. The smallest absolute Gasteiger partial charge is 0.167 e. The van der Waals surface area contributed by atoms with Crippen LogP contribution in [0.25, 0.3) is 83.6 Å². The first-order chi connectivity index (χ1) is 28.8. The Balaban J connectivity index is 1.04. The van der Waals surface area contributed by atoms with E-state index < -0.39 is 0 Å². The number of rotatable bonds is 5. The maximum Gasteiger partial charge on any atom is 0.167 e. The first-order valence-corrected chi connectivity index (χ1v) is 20.1. The van der Waals surface area contributed by atoms with Crippen molar-refractivity contribution < 1.29 is 4.42 Å². The van der Waals surface area contributed by atoms with E-state index in [-0.39, 0.29) is 0 Å². The van der Waals surface area contributed by atoms with Gasteiger partial charge in [0.05, 0.1) is 28.0 Å². The molecule has 4 heterocycles. The molecule has 58 heavy (non-hydrogen) atoms. The Morgan fingerprint density at radius 3 is 1.88 bits per heavy atom. The molecule has 6 nitrogen and oxygen atoms in total. The van der Waals surface area contributed by atoms with Crippen LogP contribution in [0.1, 0.15) is 0 Å². The molecule has 0 bridgehead atoms. The summed E-state index contributed by atoms with van der Waals surface area (Å²) in [6, 6.07) is 65.5. The van der Waals surface area contributed by atoms with E-state index in [2.05, 4.69) is 131 Å². The standard InChI is InChI=1S/C51H31N5OS/c1-4-15-32(16-5-1)49-52-50(33-17-6-2-7-18-33)54-51(53-49)38-23-14-22-36-39-31-35(27-30-44(39)57-47(36)38)56-40-24-11-10-21-37(40)46-42(56)28-29-43-48(46)58-45-26-13-12-25-41(45)55(43)34-19-8-3-9-20-34/h1-31H. The summed E-state index contributed by atoms with van der Waals surface area (Å²) in [6.45, 7) is 0. The lowest BCUT2D eigenvalue weighted by atomic mass is 10.1. The normalized spacial score (nSPS) is 12.4. The van der Waals surface area contributed by atoms with Gasteiger partial charge in [-0.15, -0.1) is 0 Å². The highest BCUT2D eigenvalue weighted by Crippen LogP contribution is 2.55. The van der Waals surface area contributed by atoms with Crippen molar-refractivity contribution >= 4 is 72.6 Å². The number of hydrogen-bond acceptors (Lipinski definition) is 6.